The van der Waals surface area contributed by atoms with E-state index in [0.29, 0.717) is 12.0 Å². The number of hydrogen-bond donors (Lipinski definition) is 1. The molecule has 7 heteroatoms. The van der Waals surface area contributed by atoms with E-state index in [4.69, 9.17) is 4.74 Å². The minimum Gasteiger partial charge on any atom is -0.463 e. The molecule has 0 aliphatic carbocycles. The summed E-state index contributed by atoms with van der Waals surface area (Å²) in [7, 11) is 0. The van der Waals surface area contributed by atoms with E-state index in [-0.39, 0.29) is 25.5 Å². The number of cyclic esters (lactones) is 1. The number of benzene rings is 1. The van der Waals surface area contributed by atoms with E-state index in [1.165, 1.54) is 0 Å². The fraction of sp³-hybridized carbons (Fsp3) is 0.357. The molecule has 1 fully saturated rings. The van der Waals surface area contributed by atoms with Gasteiger partial charge in [0, 0.05) is 23.0 Å². The number of ether oxygens (including phenoxy) is 2. The van der Waals surface area contributed by atoms with Crippen LogP contribution in [0.4, 0.5) is 0 Å². The Labute approximate surface area is 129 Å². The number of hydrogen-bond acceptors (Lipinski definition) is 5. The van der Waals surface area contributed by atoms with Crippen LogP contribution in [0.1, 0.15) is 23.2 Å². The lowest BCUT2D eigenvalue weighted by atomic mass is 10.2. The molecule has 1 amide bonds. The van der Waals surface area contributed by atoms with E-state index in [0.717, 1.165) is 4.47 Å². The first-order valence-electron chi connectivity index (χ1n) is 6.46. The average Bonchev–Trinajstić information content (AvgIpc) is 2.85. The van der Waals surface area contributed by atoms with E-state index in [1.807, 2.05) is 0 Å². The summed E-state index contributed by atoms with van der Waals surface area (Å²) in [6, 6.07) is 6.86. The Morgan fingerprint density at radius 2 is 2.05 bits per heavy atom. The maximum Gasteiger partial charge on any atom is 0.347 e. The van der Waals surface area contributed by atoms with Crippen LogP contribution in [-0.2, 0) is 19.1 Å². The minimum atomic E-state index is -0.806. The number of amides is 1. The van der Waals surface area contributed by atoms with E-state index in [1.54, 1.807) is 24.3 Å². The Morgan fingerprint density at radius 3 is 2.67 bits per heavy atom. The summed E-state index contributed by atoms with van der Waals surface area (Å²) < 4.78 is 10.5. The van der Waals surface area contributed by atoms with Crippen LogP contribution in [0.2, 0.25) is 0 Å². The van der Waals surface area contributed by atoms with Gasteiger partial charge in [0.25, 0.3) is 5.91 Å². The average molecular weight is 356 g/mol. The summed E-state index contributed by atoms with van der Waals surface area (Å²) in [5, 5.41) is 2.61. The molecule has 1 aliphatic rings. The zero-order valence-electron chi connectivity index (χ0n) is 11.1. The van der Waals surface area contributed by atoms with Gasteiger partial charge in [-0.3, -0.25) is 9.59 Å². The Morgan fingerprint density at radius 1 is 1.33 bits per heavy atom. The smallest absolute Gasteiger partial charge is 0.347 e. The van der Waals surface area contributed by atoms with E-state index in [2.05, 4.69) is 26.0 Å². The molecular formula is C14H14BrNO5. The predicted molar refractivity (Wildman–Crippen MR) is 76.5 cm³/mol. The van der Waals surface area contributed by atoms with Crippen molar-refractivity contribution in [3.05, 3.63) is 34.3 Å². The predicted octanol–water partition coefficient (Wildman–Crippen LogP) is 1.43. The molecule has 0 spiro atoms. The first kappa shape index (κ1) is 15.5. The largest absolute Gasteiger partial charge is 0.463 e. The number of halogens is 1. The van der Waals surface area contributed by atoms with Gasteiger partial charge < -0.3 is 14.8 Å². The number of carbonyl (C=O) groups is 3. The molecule has 0 aromatic heterocycles. The zero-order chi connectivity index (χ0) is 15.2. The van der Waals surface area contributed by atoms with Gasteiger partial charge in [0.05, 0.1) is 13.0 Å². The summed E-state index contributed by atoms with van der Waals surface area (Å²) in [6.07, 6.45) is -0.415. The van der Waals surface area contributed by atoms with Gasteiger partial charge in [-0.25, -0.2) is 4.79 Å². The van der Waals surface area contributed by atoms with Crippen LogP contribution in [0.3, 0.4) is 0 Å². The summed E-state index contributed by atoms with van der Waals surface area (Å²) >= 11 is 3.28. The van der Waals surface area contributed by atoms with Gasteiger partial charge in [0.15, 0.2) is 0 Å². The van der Waals surface area contributed by atoms with Gasteiger partial charge in [-0.15, -0.1) is 0 Å². The second-order valence-corrected chi connectivity index (χ2v) is 5.36. The van der Waals surface area contributed by atoms with Gasteiger partial charge in [0.1, 0.15) is 0 Å². The molecule has 0 unspecified atom stereocenters. The Hall–Kier alpha value is -1.89. The van der Waals surface area contributed by atoms with Gasteiger partial charge in [0.2, 0.25) is 6.10 Å². The fourth-order valence-electron chi connectivity index (χ4n) is 1.78. The zero-order valence-corrected chi connectivity index (χ0v) is 12.7. The number of carbonyl (C=O) groups excluding carboxylic acids is 3. The first-order chi connectivity index (χ1) is 10.1. The lowest BCUT2D eigenvalue weighted by Crippen LogP contribution is -2.28. The van der Waals surface area contributed by atoms with Crippen molar-refractivity contribution in [2.75, 3.05) is 13.2 Å². The van der Waals surface area contributed by atoms with Crippen molar-refractivity contribution >= 4 is 33.8 Å². The molecule has 0 radical (unpaired) electrons. The van der Waals surface area contributed by atoms with Crippen LogP contribution in [-0.4, -0.2) is 37.1 Å². The second kappa shape index (κ2) is 7.21. The SMILES string of the molecule is O=C(CCNC(=O)c1ccc(Br)cc1)O[C@H]1CCOC1=O. The second-order valence-electron chi connectivity index (χ2n) is 4.45. The Bertz CT molecular complexity index is 543. The number of rotatable bonds is 5. The Balaban J connectivity index is 1.71. The molecule has 6 nitrogen and oxygen atoms in total. The van der Waals surface area contributed by atoms with Crippen LogP contribution < -0.4 is 5.32 Å². The van der Waals surface area contributed by atoms with Crippen LogP contribution in [0, 0.1) is 0 Å². The standard InChI is InChI=1S/C14H14BrNO5/c15-10-3-1-9(2-4-10)13(18)16-7-5-12(17)21-11-6-8-20-14(11)19/h1-4,11H,5-8H2,(H,16,18)/t11-/m0/s1. The van der Waals surface area contributed by atoms with E-state index in [9.17, 15) is 14.4 Å². The highest BCUT2D eigenvalue weighted by Gasteiger charge is 2.29. The molecule has 1 aliphatic heterocycles. The number of nitrogens with one attached hydrogen (secondary N) is 1. The molecule has 112 valence electrons. The van der Waals surface area contributed by atoms with Crippen LogP contribution in [0.15, 0.2) is 28.7 Å². The van der Waals surface area contributed by atoms with Crippen molar-refractivity contribution < 1.29 is 23.9 Å². The maximum atomic E-state index is 11.8. The van der Waals surface area contributed by atoms with E-state index < -0.39 is 18.0 Å². The molecule has 2 rings (SSSR count). The monoisotopic (exact) mass is 355 g/mol. The summed E-state index contributed by atoms with van der Waals surface area (Å²) in [6.45, 7) is 0.423. The molecule has 1 saturated heterocycles. The van der Waals surface area contributed by atoms with Crippen molar-refractivity contribution in [2.24, 2.45) is 0 Å². The molecule has 1 aromatic carbocycles. The third-order valence-corrected chi connectivity index (χ3v) is 3.41. The maximum absolute atomic E-state index is 11.8. The Kier molecular flexibility index (Phi) is 5.32. The third kappa shape index (κ3) is 4.56. The minimum absolute atomic E-state index is 0.00600. The molecule has 1 N–H and O–H groups in total. The molecule has 1 heterocycles. The molecule has 0 saturated carbocycles. The molecule has 0 bridgehead atoms. The highest BCUT2D eigenvalue weighted by molar-refractivity contribution is 9.10. The quantitative estimate of drug-likeness (QED) is 0.808. The fourth-order valence-corrected chi connectivity index (χ4v) is 2.05. The topological polar surface area (TPSA) is 81.7 Å². The normalized spacial score (nSPS) is 17.2. The number of esters is 2. The van der Waals surface area contributed by atoms with Gasteiger partial charge in [-0.2, -0.15) is 0 Å². The molecule has 1 aromatic rings. The molecule has 1 atom stereocenters. The summed E-state index contributed by atoms with van der Waals surface area (Å²) in [5.74, 6) is -1.31. The third-order valence-electron chi connectivity index (χ3n) is 2.88. The van der Waals surface area contributed by atoms with Crippen LogP contribution >= 0.6 is 15.9 Å². The highest BCUT2D eigenvalue weighted by atomic mass is 79.9. The van der Waals surface area contributed by atoms with Gasteiger partial charge in [-0.05, 0) is 24.3 Å². The van der Waals surface area contributed by atoms with Crippen molar-refractivity contribution in [3.8, 4) is 0 Å². The summed E-state index contributed by atoms with van der Waals surface area (Å²) in [5.41, 5.74) is 0.505. The van der Waals surface area contributed by atoms with E-state index >= 15 is 0 Å². The van der Waals surface area contributed by atoms with Crippen molar-refractivity contribution in [3.63, 3.8) is 0 Å². The van der Waals surface area contributed by atoms with Crippen molar-refractivity contribution in [1.29, 1.82) is 0 Å². The van der Waals surface area contributed by atoms with Crippen LogP contribution in [0.5, 0.6) is 0 Å². The van der Waals surface area contributed by atoms with Crippen molar-refractivity contribution in [1.82, 2.24) is 5.32 Å². The van der Waals surface area contributed by atoms with Crippen molar-refractivity contribution in [2.45, 2.75) is 18.9 Å². The highest BCUT2D eigenvalue weighted by Crippen LogP contribution is 2.11. The summed E-state index contributed by atoms with van der Waals surface area (Å²) in [4.78, 5) is 34.4. The van der Waals surface area contributed by atoms with Crippen LogP contribution in [0.25, 0.3) is 0 Å². The van der Waals surface area contributed by atoms with Gasteiger partial charge in [-0.1, -0.05) is 15.9 Å². The molecular weight excluding hydrogens is 342 g/mol. The molecule has 21 heavy (non-hydrogen) atoms. The first-order valence-corrected chi connectivity index (χ1v) is 7.25. The lowest BCUT2D eigenvalue weighted by Gasteiger charge is -2.09. The lowest BCUT2D eigenvalue weighted by molar-refractivity contribution is -0.160. The van der Waals surface area contributed by atoms with Gasteiger partial charge >= 0.3 is 11.9 Å².